The van der Waals surface area contributed by atoms with E-state index < -0.39 is 0 Å². The zero-order valence-corrected chi connectivity index (χ0v) is 13.7. The van der Waals surface area contributed by atoms with E-state index in [-0.39, 0.29) is 12.1 Å². The molecular formula is C19H24O3. The fourth-order valence-corrected chi connectivity index (χ4v) is 4.14. The van der Waals surface area contributed by atoms with Crippen molar-refractivity contribution in [3.63, 3.8) is 0 Å². The van der Waals surface area contributed by atoms with Crippen LogP contribution < -0.4 is 4.74 Å². The third kappa shape index (κ3) is 2.70. The van der Waals surface area contributed by atoms with Crippen LogP contribution in [0.5, 0.6) is 5.75 Å². The van der Waals surface area contributed by atoms with Crippen molar-refractivity contribution in [2.45, 2.75) is 33.8 Å². The van der Waals surface area contributed by atoms with Crippen LogP contribution in [0.2, 0.25) is 0 Å². The summed E-state index contributed by atoms with van der Waals surface area (Å²) < 4.78 is 11.3. The first kappa shape index (κ1) is 15.3. The van der Waals surface area contributed by atoms with Crippen molar-refractivity contribution in [2.24, 2.45) is 23.7 Å². The highest BCUT2D eigenvalue weighted by molar-refractivity contribution is 5.69. The second-order valence-corrected chi connectivity index (χ2v) is 6.74. The first-order chi connectivity index (χ1) is 10.5. The lowest BCUT2D eigenvalue weighted by Crippen LogP contribution is -2.42. The zero-order valence-electron chi connectivity index (χ0n) is 13.7. The molecule has 3 rings (SSSR count). The molecule has 0 aromatic heterocycles. The van der Waals surface area contributed by atoms with Gasteiger partial charge in [-0.05, 0) is 42.4 Å². The van der Waals surface area contributed by atoms with Gasteiger partial charge in [0.2, 0.25) is 0 Å². The molecule has 1 heterocycles. The number of hydrogen-bond donors (Lipinski definition) is 0. The van der Waals surface area contributed by atoms with E-state index in [4.69, 9.17) is 9.47 Å². The number of rotatable bonds is 2. The van der Waals surface area contributed by atoms with Gasteiger partial charge in [-0.2, -0.15) is 0 Å². The molecule has 118 valence electrons. The number of ether oxygens (including phenoxy) is 2. The fourth-order valence-electron chi connectivity index (χ4n) is 4.14. The first-order valence-electron chi connectivity index (χ1n) is 8.05. The van der Waals surface area contributed by atoms with Crippen molar-refractivity contribution in [3.05, 3.63) is 41.5 Å². The summed E-state index contributed by atoms with van der Waals surface area (Å²) in [5, 5.41) is 0. The Kier molecular flexibility index (Phi) is 4.09. The SMILES string of the molecule is CC(=O)Oc1ccc([C@@H]2OC[C@@H]3[C@H](C)[C@@H]2C(C)=C[C@H]3C)cc1. The second kappa shape index (κ2) is 5.88. The standard InChI is InChI=1S/C19H24O3/c1-11-9-12(2)18-13(3)17(11)10-21-19(18)15-5-7-16(8-6-15)22-14(4)20/h5-9,11,13,17-19H,10H2,1-4H3/t11-,13+,17+,18+,19+/m1/s1. The van der Waals surface area contributed by atoms with Gasteiger partial charge in [-0.3, -0.25) is 4.79 Å². The highest BCUT2D eigenvalue weighted by Crippen LogP contribution is 2.49. The van der Waals surface area contributed by atoms with E-state index in [1.807, 2.05) is 24.3 Å². The Morgan fingerprint density at radius 2 is 1.91 bits per heavy atom. The average molecular weight is 300 g/mol. The monoisotopic (exact) mass is 300 g/mol. The molecule has 3 heteroatoms. The molecule has 1 fully saturated rings. The quantitative estimate of drug-likeness (QED) is 0.467. The Morgan fingerprint density at radius 1 is 1.23 bits per heavy atom. The predicted molar refractivity (Wildman–Crippen MR) is 85.5 cm³/mol. The Hall–Kier alpha value is -1.61. The van der Waals surface area contributed by atoms with Crippen LogP contribution in [0.25, 0.3) is 0 Å². The second-order valence-electron chi connectivity index (χ2n) is 6.74. The third-order valence-corrected chi connectivity index (χ3v) is 5.23. The molecule has 2 bridgehead atoms. The van der Waals surface area contributed by atoms with Gasteiger partial charge in [-0.15, -0.1) is 0 Å². The molecule has 1 aliphatic carbocycles. The van der Waals surface area contributed by atoms with Crippen LogP contribution in [0.4, 0.5) is 0 Å². The molecule has 1 aromatic rings. The summed E-state index contributed by atoms with van der Waals surface area (Å²) in [7, 11) is 0. The molecule has 0 N–H and O–H groups in total. The van der Waals surface area contributed by atoms with Crippen molar-refractivity contribution >= 4 is 5.97 Å². The highest BCUT2D eigenvalue weighted by Gasteiger charge is 2.43. The van der Waals surface area contributed by atoms with Gasteiger partial charge in [-0.1, -0.05) is 37.6 Å². The minimum Gasteiger partial charge on any atom is -0.427 e. The predicted octanol–water partition coefficient (Wildman–Crippen LogP) is 4.15. The Balaban J connectivity index is 1.86. The Bertz CT molecular complexity index is 587. The molecule has 5 atom stereocenters. The van der Waals surface area contributed by atoms with Crippen LogP contribution in [0.3, 0.4) is 0 Å². The minimum absolute atomic E-state index is 0.0985. The summed E-state index contributed by atoms with van der Waals surface area (Å²) in [6.07, 6.45) is 2.51. The molecule has 0 spiro atoms. The average Bonchev–Trinajstić information content (AvgIpc) is 2.45. The van der Waals surface area contributed by atoms with E-state index >= 15 is 0 Å². The molecule has 2 aliphatic rings. The number of hydrogen-bond acceptors (Lipinski definition) is 3. The summed E-state index contributed by atoms with van der Waals surface area (Å²) in [5.41, 5.74) is 2.60. The lowest BCUT2D eigenvalue weighted by atomic mass is 9.64. The molecular weight excluding hydrogens is 276 g/mol. The van der Waals surface area contributed by atoms with Crippen molar-refractivity contribution < 1.29 is 14.3 Å². The van der Waals surface area contributed by atoms with Gasteiger partial charge in [0.1, 0.15) is 5.75 Å². The minimum atomic E-state index is -0.293. The largest absolute Gasteiger partial charge is 0.427 e. The lowest BCUT2D eigenvalue weighted by molar-refractivity contribution is -0.131. The number of benzene rings is 1. The first-order valence-corrected chi connectivity index (χ1v) is 8.05. The van der Waals surface area contributed by atoms with Crippen LogP contribution in [-0.4, -0.2) is 12.6 Å². The van der Waals surface area contributed by atoms with Crippen molar-refractivity contribution in [1.82, 2.24) is 0 Å². The Labute approximate surface area is 132 Å². The van der Waals surface area contributed by atoms with Crippen molar-refractivity contribution in [2.75, 3.05) is 6.61 Å². The van der Waals surface area contributed by atoms with E-state index in [0.29, 0.717) is 29.4 Å². The third-order valence-electron chi connectivity index (χ3n) is 5.23. The van der Waals surface area contributed by atoms with E-state index in [1.54, 1.807) is 0 Å². The molecule has 0 unspecified atom stereocenters. The summed E-state index contributed by atoms with van der Waals surface area (Å²) in [6.45, 7) is 9.10. The van der Waals surface area contributed by atoms with Gasteiger partial charge in [0, 0.05) is 12.8 Å². The van der Waals surface area contributed by atoms with Crippen molar-refractivity contribution in [3.8, 4) is 5.75 Å². The number of allylic oxidation sites excluding steroid dienone is 1. The van der Waals surface area contributed by atoms with E-state index in [9.17, 15) is 4.79 Å². The zero-order chi connectivity index (χ0) is 15.9. The molecule has 0 amide bonds. The number of carbonyl (C=O) groups is 1. The number of esters is 1. The maximum atomic E-state index is 11.0. The van der Waals surface area contributed by atoms with E-state index in [0.717, 1.165) is 12.2 Å². The maximum absolute atomic E-state index is 11.0. The molecule has 1 aromatic carbocycles. The molecule has 1 saturated heterocycles. The van der Waals surface area contributed by atoms with Gasteiger partial charge in [0.05, 0.1) is 12.7 Å². The Morgan fingerprint density at radius 3 is 2.55 bits per heavy atom. The fraction of sp³-hybridized carbons (Fsp3) is 0.526. The van der Waals surface area contributed by atoms with Crippen LogP contribution in [0.1, 0.15) is 39.4 Å². The molecule has 1 aliphatic heterocycles. The van der Waals surface area contributed by atoms with Crippen LogP contribution in [-0.2, 0) is 9.53 Å². The van der Waals surface area contributed by atoms with Crippen LogP contribution >= 0.6 is 0 Å². The number of carbonyl (C=O) groups excluding carboxylic acids is 1. The lowest BCUT2D eigenvalue weighted by Gasteiger charge is -2.47. The molecule has 3 nitrogen and oxygen atoms in total. The van der Waals surface area contributed by atoms with Gasteiger partial charge in [0.25, 0.3) is 0 Å². The van der Waals surface area contributed by atoms with Crippen LogP contribution in [0.15, 0.2) is 35.9 Å². The normalized spacial score (nSPS) is 34.0. The molecule has 0 radical (unpaired) electrons. The smallest absolute Gasteiger partial charge is 0.308 e. The van der Waals surface area contributed by atoms with Gasteiger partial charge >= 0.3 is 5.97 Å². The van der Waals surface area contributed by atoms with E-state index in [2.05, 4.69) is 26.8 Å². The number of fused-ring (bicyclic) bond motifs is 2. The summed E-state index contributed by atoms with van der Waals surface area (Å²) in [5.74, 6) is 2.57. The summed E-state index contributed by atoms with van der Waals surface area (Å²) >= 11 is 0. The van der Waals surface area contributed by atoms with Gasteiger partial charge in [0.15, 0.2) is 0 Å². The van der Waals surface area contributed by atoms with Gasteiger partial charge < -0.3 is 9.47 Å². The van der Waals surface area contributed by atoms with E-state index in [1.165, 1.54) is 12.5 Å². The molecule has 0 saturated carbocycles. The van der Waals surface area contributed by atoms with Crippen LogP contribution in [0, 0.1) is 23.7 Å². The summed E-state index contributed by atoms with van der Waals surface area (Å²) in [6, 6.07) is 7.73. The molecule has 22 heavy (non-hydrogen) atoms. The van der Waals surface area contributed by atoms with Crippen molar-refractivity contribution in [1.29, 1.82) is 0 Å². The topological polar surface area (TPSA) is 35.5 Å². The van der Waals surface area contributed by atoms with Gasteiger partial charge in [-0.25, -0.2) is 0 Å². The highest BCUT2D eigenvalue weighted by atomic mass is 16.5. The maximum Gasteiger partial charge on any atom is 0.308 e. The summed E-state index contributed by atoms with van der Waals surface area (Å²) in [4.78, 5) is 11.0.